The molecule has 0 atom stereocenters. The molecular formula is C18H21NO. The molecule has 0 aliphatic heterocycles. The highest BCUT2D eigenvalue weighted by molar-refractivity contribution is 5.96. The number of carbonyl (C=O) groups excluding carboxylic acids is 1. The first-order valence-electron chi connectivity index (χ1n) is 7.13. The van der Waals surface area contributed by atoms with E-state index in [0.29, 0.717) is 6.42 Å². The van der Waals surface area contributed by atoms with E-state index in [2.05, 4.69) is 43.0 Å². The maximum Gasteiger partial charge on any atom is 0.162 e. The van der Waals surface area contributed by atoms with Crippen LogP contribution in [0.3, 0.4) is 0 Å². The summed E-state index contributed by atoms with van der Waals surface area (Å²) in [7, 11) is 0. The summed E-state index contributed by atoms with van der Waals surface area (Å²) in [6.07, 6.45) is 0.550. The lowest BCUT2D eigenvalue weighted by Gasteiger charge is -2.23. The average molecular weight is 267 g/mol. The van der Waals surface area contributed by atoms with Crippen LogP contribution < -0.4 is 4.90 Å². The van der Waals surface area contributed by atoms with Gasteiger partial charge in [-0.3, -0.25) is 4.79 Å². The number of aryl methyl sites for hydroxylation is 1. The molecule has 0 bridgehead atoms. The predicted octanol–water partition coefficient (Wildman–Crippen LogP) is 4.75. The SMILES string of the molecule is CCC(=O)c1ccc(N(CC)c2ccc(C)cc2)cc1. The highest BCUT2D eigenvalue weighted by Gasteiger charge is 2.08. The van der Waals surface area contributed by atoms with Crippen molar-refractivity contribution in [3.63, 3.8) is 0 Å². The Bertz CT molecular complexity index is 569. The van der Waals surface area contributed by atoms with Crippen molar-refractivity contribution in [2.75, 3.05) is 11.4 Å². The first-order valence-corrected chi connectivity index (χ1v) is 7.13. The summed E-state index contributed by atoms with van der Waals surface area (Å²) in [4.78, 5) is 13.9. The van der Waals surface area contributed by atoms with Crippen LogP contribution in [0.2, 0.25) is 0 Å². The van der Waals surface area contributed by atoms with Crippen molar-refractivity contribution in [3.05, 3.63) is 59.7 Å². The van der Waals surface area contributed by atoms with Gasteiger partial charge in [-0.25, -0.2) is 0 Å². The van der Waals surface area contributed by atoms with E-state index in [1.165, 1.54) is 11.3 Å². The molecule has 104 valence electrons. The van der Waals surface area contributed by atoms with Crippen LogP contribution in [0, 0.1) is 6.92 Å². The third-order valence-electron chi connectivity index (χ3n) is 3.48. The second-order valence-electron chi connectivity index (χ2n) is 4.90. The Morgan fingerprint density at radius 1 is 0.900 bits per heavy atom. The van der Waals surface area contributed by atoms with Crippen LogP contribution in [0.15, 0.2) is 48.5 Å². The molecule has 0 radical (unpaired) electrons. The van der Waals surface area contributed by atoms with Gasteiger partial charge in [0.1, 0.15) is 0 Å². The third kappa shape index (κ3) is 3.08. The maximum absolute atomic E-state index is 11.7. The van der Waals surface area contributed by atoms with Gasteiger partial charge in [-0.1, -0.05) is 24.6 Å². The van der Waals surface area contributed by atoms with E-state index in [1.54, 1.807) is 0 Å². The molecule has 0 unspecified atom stereocenters. The number of hydrogen-bond acceptors (Lipinski definition) is 2. The fraction of sp³-hybridized carbons (Fsp3) is 0.278. The summed E-state index contributed by atoms with van der Waals surface area (Å²) < 4.78 is 0. The van der Waals surface area contributed by atoms with Crippen molar-refractivity contribution in [1.82, 2.24) is 0 Å². The van der Waals surface area contributed by atoms with E-state index in [9.17, 15) is 4.79 Å². The molecule has 0 aliphatic carbocycles. The number of benzene rings is 2. The molecule has 0 aromatic heterocycles. The van der Waals surface area contributed by atoms with E-state index in [-0.39, 0.29) is 5.78 Å². The normalized spacial score (nSPS) is 10.3. The zero-order chi connectivity index (χ0) is 14.5. The lowest BCUT2D eigenvalue weighted by atomic mass is 10.1. The smallest absolute Gasteiger partial charge is 0.162 e. The summed E-state index contributed by atoms with van der Waals surface area (Å²) >= 11 is 0. The average Bonchev–Trinajstić information content (AvgIpc) is 2.50. The number of anilines is 2. The number of rotatable bonds is 5. The van der Waals surface area contributed by atoms with Gasteiger partial charge in [0.25, 0.3) is 0 Å². The molecule has 2 rings (SSSR count). The Morgan fingerprint density at radius 2 is 1.40 bits per heavy atom. The molecular weight excluding hydrogens is 246 g/mol. The molecule has 0 saturated heterocycles. The Labute approximate surface area is 121 Å². The van der Waals surface area contributed by atoms with Crippen LogP contribution in [-0.4, -0.2) is 12.3 Å². The summed E-state index contributed by atoms with van der Waals surface area (Å²) in [5, 5.41) is 0. The zero-order valence-corrected chi connectivity index (χ0v) is 12.4. The first-order chi connectivity index (χ1) is 9.65. The van der Waals surface area contributed by atoms with Crippen LogP contribution >= 0.6 is 0 Å². The fourth-order valence-corrected chi connectivity index (χ4v) is 2.27. The van der Waals surface area contributed by atoms with Crippen LogP contribution in [0.1, 0.15) is 36.2 Å². The van der Waals surface area contributed by atoms with Gasteiger partial charge < -0.3 is 4.90 Å². The third-order valence-corrected chi connectivity index (χ3v) is 3.48. The van der Waals surface area contributed by atoms with E-state index < -0.39 is 0 Å². The van der Waals surface area contributed by atoms with Crippen molar-refractivity contribution < 1.29 is 4.79 Å². The highest BCUT2D eigenvalue weighted by atomic mass is 16.1. The van der Waals surface area contributed by atoms with Gasteiger partial charge in [-0.05, 0) is 50.2 Å². The summed E-state index contributed by atoms with van der Waals surface area (Å²) in [6, 6.07) is 16.4. The van der Waals surface area contributed by atoms with Crippen molar-refractivity contribution >= 4 is 17.2 Å². The van der Waals surface area contributed by atoms with Crippen molar-refractivity contribution in [3.8, 4) is 0 Å². The van der Waals surface area contributed by atoms with Gasteiger partial charge >= 0.3 is 0 Å². The van der Waals surface area contributed by atoms with Crippen molar-refractivity contribution in [2.24, 2.45) is 0 Å². The van der Waals surface area contributed by atoms with Crippen LogP contribution in [0.4, 0.5) is 11.4 Å². The molecule has 2 aromatic rings. The van der Waals surface area contributed by atoms with Gasteiger partial charge in [0.2, 0.25) is 0 Å². The topological polar surface area (TPSA) is 20.3 Å². The monoisotopic (exact) mass is 267 g/mol. The summed E-state index contributed by atoms with van der Waals surface area (Å²) in [6.45, 7) is 7.00. The van der Waals surface area contributed by atoms with Crippen molar-refractivity contribution in [2.45, 2.75) is 27.2 Å². The fourth-order valence-electron chi connectivity index (χ4n) is 2.27. The molecule has 0 N–H and O–H groups in total. The lowest BCUT2D eigenvalue weighted by molar-refractivity contribution is 0.0988. The minimum Gasteiger partial charge on any atom is -0.342 e. The molecule has 0 fully saturated rings. The van der Waals surface area contributed by atoms with Crippen molar-refractivity contribution in [1.29, 1.82) is 0 Å². The van der Waals surface area contributed by atoms with Gasteiger partial charge in [0.05, 0.1) is 0 Å². The van der Waals surface area contributed by atoms with Gasteiger partial charge in [0, 0.05) is 29.9 Å². The second-order valence-corrected chi connectivity index (χ2v) is 4.90. The Morgan fingerprint density at radius 3 is 1.85 bits per heavy atom. The lowest BCUT2D eigenvalue weighted by Crippen LogP contribution is -2.16. The van der Waals surface area contributed by atoms with Gasteiger partial charge in [-0.2, -0.15) is 0 Å². The molecule has 0 saturated carbocycles. The van der Waals surface area contributed by atoms with E-state index in [1.807, 2.05) is 31.2 Å². The van der Waals surface area contributed by atoms with E-state index in [4.69, 9.17) is 0 Å². The molecule has 0 heterocycles. The quantitative estimate of drug-likeness (QED) is 0.729. The maximum atomic E-state index is 11.7. The van der Waals surface area contributed by atoms with E-state index in [0.717, 1.165) is 17.8 Å². The first kappa shape index (κ1) is 14.3. The number of ketones is 1. The van der Waals surface area contributed by atoms with Crippen LogP contribution in [0.25, 0.3) is 0 Å². The minimum absolute atomic E-state index is 0.190. The highest BCUT2D eigenvalue weighted by Crippen LogP contribution is 2.25. The number of Topliss-reactive ketones (excluding diaryl/α,β-unsaturated/α-hetero) is 1. The molecule has 20 heavy (non-hydrogen) atoms. The minimum atomic E-state index is 0.190. The van der Waals surface area contributed by atoms with Crippen LogP contribution in [0.5, 0.6) is 0 Å². The van der Waals surface area contributed by atoms with Crippen LogP contribution in [-0.2, 0) is 0 Å². The summed E-state index contributed by atoms with van der Waals surface area (Å²) in [5.41, 5.74) is 4.33. The molecule has 2 aromatic carbocycles. The van der Waals surface area contributed by atoms with Gasteiger partial charge in [0.15, 0.2) is 5.78 Å². The standard InChI is InChI=1S/C18H21NO/c1-4-18(20)15-8-12-17(13-9-15)19(5-2)16-10-6-14(3)7-11-16/h6-13H,4-5H2,1-3H3. The largest absolute Gasteiger partial charge is 0.342 e. The summed E-state index contributed by atoms with van der Waals surface area (Å²) in [5.74, 6) is 0.190. The molecule has 2 heteroatoms. The Hall–Kier alpha value is -2.09. The number of nitrogens with zero attached hydrogens (tertiary/aromatic N) is 1. The molecule has 0 spiro atoms. The predicted molar refractivity (Wildman–Crippen MR) is 84.9 cm³/mol. The second kappa shape index (κ2) is 6.38. The number of carbonyl (C=O) groups is 1. The molecule has 0 aliphatic rings. The molecule has 0 amide bonds. The number of hydrogen-bond donors (Lipinski definition) is 0. The molecule has 2 nitrogen and oxygen atoms in total. The zero-order valence-electron chi connectivity index (χ0n) is 12.4. The van der Waals surface area contributed by atoms with E-state index >= 15 is 0 Å². The van der Waals surface area contributed by atoms with Gasteiger partial charge in [-0.15, -0.1) is 0 Å². The Kier molecular flexibility index (Phi) is 4.57. The Balaban J connectivity index is 2.28.